The van der Waals surface area contributed by atoms with E-state index in [1.807, 2.05) is 35.0 Å². The van der Waals surface area contributed by atoms with Crippen molar-refractivity contribution in [3.05, 3.63) is 77.3 Å². The molecule has 1 aliphatic heterocycles. The van der Waals surface area contributed by atoms with Gasteiger partial charge in [0, 0.05) is 38.1 Å². The zero-order chi connectivity index (χ0) is 27.6. The average Bonchev–Trinajstić information content (AvgIpc) is 3.66. The summed E-state index contributed by atoms with van der Waals surface area (Å²) >= 11 is 1.50. The Bertz CT molecular complexity index is 1770. The van der Waals surface area contributed by atoms with Crippen LogP contribution in [0.3, 0.4) is 0 Å². The van der Waals surface area contributed by atoms with Crippen molar-refractivity contribution in [2.45, 2.75) is 25.1 Å². The monoisotopic (exact) mass is 555 g/mol. The second kappa shape index (κ2) is 10.9. The minimum Gasteiger partial charge on any atom is -0.445 e. The molecule has 9 nitrogen and oxygen atoms in total. The summed E-state index contributed by atoms with van der Waals surface area (Å²) in [5, 5.41) is 13.0. The molecule has 3 aromatic heterocycles. The number of carbonyl (C=O) groups excluding carboxylic acids is 1. The minimum absolute atomic E-state index is 0.0533. The number of ether oxygens (including phenoxy) is 1. The lowest BCUT2D eigenvalue weighted by molar-refractivity contribution is 0.0826. The number of amides is 1. The molecule has 11 heteroatoms. The number of nitrogens with one attached hydrogen (secondary N) is 2. The highest BCUT2D eigenvalue weighted by atomic mass is 32.1. The first-order valence-corrected chi connectivity index (χ1v) is 13.6. The number of halogens is 1. The standard InChI is InChI=1S/C29H26FN7O2S/c1-36(2)29(38)39-23-12-21(31-15-23)6-8-24-13-25-27(32-17-33-28(25)40-24)35-22-7-9-26-19(11-22)14-34-37(26)16-18-4-3-5-20(30)10-18/h3-5,7,9-11,13-14,17,21,23,31H,12,15-16H2,1-2H3,(H,32,33,35)/t21-,23+/m0/s1. The maximum atomic E-state index is 13.6. The lowest BCUT2D eigenvalue weighted by atomic mass is 10.2. The highest BCUT2D eigenvalue weighted by Gasteiger charge is 2.26. The quantitative estimate of drug-likeness (QED) is 0.302. The van der Waals surface area contributed by atoms with Crippen LogP contribution in [0.5, 0.6) is 0 Å². The van der Waals surface area contributed by atoms with Crippen LogP contribution in [0.1, 0.15) is 16.9 Å². The van der Waals surface area contributed by atoms with E-state index in [0.717, 1.165) is 37.2 Å². The third kappa shape index (κ3) is 5.59. The Labute approximate surface area is 234 Å². The van der Waals surface area contributed by atoms with Gasteiger partial charge in [-0.25, -0.2) is 19.2 Å². The fourth-order valence-electron chi connectivity index (χ4n) is 4.56. The summed E-state index contributed by atoms with van der Waals surface area (Å²) in [6.45, 7) is 1.07. The van der Waals surface area contributed by atoms with E-state index in [2.05, 4.69) is 37.5 Å². The minimum atomic E-state index is -0.347. The molecule has 40 heavy (non-hydrogen) atoms. The van der Waals surface area contributed by atoms with Crippen molar-refractivity contribution >= 4 is 50.1 Å². The van der Waals surface area contributed by atoms with Crippen molar-refractivity contribution in [3.63, 3.8) is 0 Å². The van der Waals surface area contributed by atoms with Gasteiger partial charge in [0.2, 0.25) is 0 Å². The van der Waals surface area contributed by atoms with Gasteiger partial charge < -0.3 is 15.0 Å². The van der Waals surface area contributed by atoms with Crippen molar-refractivity contribution in [2.24, 2.45) is 0 Å². The molecule has 2 atom stereocenters. The Balaban J connectivity index is 1.16. The lowest BCUT2D eigenvalue weighted by Crippen LogP contribution is -2.29. The van der Waals surface area contributed by atoms with Crippen molar-refractivity contribution in [1.82, 2.24) is 30.0 Å². The van der Waals surface area contributed by atoms with Crippen LogP contribution < -0.4 is 10.6 Å². The molecule has 0 saturated carbocycles. The maximum Gasteiger partial charge on any atom is 0.409 e. The molecule has 1 saturated heterocycles. The Hall–Kier alpha value is -4.53. The Morgan fingerprint density at radius 3 is 3.00 bits per heavy atom. The van der Waals surface area contributed by atoms with E-state index in [0.29, 0.717) is 25.3 Å². The molecular weight excluding hydrogens is 529 g/mol. The van der Waals surface area contributed by atoms with E-state index in [-0.39, 0.29) is 24.1 Å². The van der Waals surface area contributed by atoms with Crippen LogP contribution in [0.15, 0.2) is 61.1 Å². The average molecular weight is 556 g/mol. The number of fused-ring (bicyclic) bond motifs is 2. The second-order valence-corrected chi connectivity index (χ2v) is 10.8. The first-order valence-electron chi connectivity index (χ1n) is 12.8. The van der Waals surface area contributed by atoms with E-state index >= 15 is 0 Å². The zero-order valence-corrected chi connectivity index (χ0v) is 22.7. The van der Waals surface area contributed by atoms with Crippen LogP contribution in [-0.2, 0) is 11.3 Å². The number of rotatable bonds is 5. The highest BCUT2D eigenvalue weighted by Crippen LogP contribution is 2.30. The fraction of sp³-hybridized carbons (Fsp3) is 0.241. The largest absolute Gasteiger partial charge is 0.445 e. The van der Waals surface area contributed by atoms with Crippen molar-refractivity contribution in [2.75, 3.05) is 26.0 Å². The van der Waals surface area contributed by atoms with Crippen LogP contribution in [0, 0.1) is 17.7 Å². The SMILES string of the molecule is CN(C)C(=O)O[C@H]1CN[C@@H](C#Cc2cc3c(Nc4ccc5c(cnn5Cc5cccc(F)c5)c4)ncnc3s2)C1. The lowest BCUT2D eigenvalue weighted by Gasteiger charge is -2.15. The number of thiophene rings is 1. The normalized spacial score (nSPS) is 16.6. The summed E-state index contributed by atoms with van der Waals surface area (Å²) in [5.41, 5.74) is 2.67. The van der Waals surface area contributed by atoms with E-state index in [9.17, 15) is 9.18 Å². The maximum absolute atomic E-state index is 13.6. The van der Waals surface area contributed by atoms with Gasteiger partial charge >= 0.3 is 6.09 Å². The van der Waals surface area contributed by atoms with E-state index in [1.54, 1.807) is 26.4 Å². The molecule has 0 unspecified atom stereocenters. The first kappa shape index (κ1) is 25.7. The van der Waals surface area contributed by atoms with Gasteiger partial charge in [0.05, 0.1) is 34.6 Å². The van der Waals surface area contributed by atoms with Gasteiger partial charge in [0.15, 0.2) is 0 Å². The molecule has 1 amide bonds. The number of hydrogen-bond acceptors (Lipinski definition) is 8. The highest BCUT2D eigenvalue weighted by molar-refractivity contribution is 7.19. The van der Waals surface area contributed by atoms with Gasteiger partial charge in [-0.1, -0.05) is 24.0 Å². The molecule has 2 N–H and O–H groups in total. The van der Waals surface area contributed by atoms with Crippen molar-refractivity contribution in [3.8, 4) is 11.8 Å². The van der Waals surface area contributed by atoms with Gasteiger partial charge in [-0.05, 0) is 42.0 Å². The molecular formula is C29H26FN7O2S. The molecule has 1 aliphatic rings. The van der Waals surface area contributed by atoms with Crippen LogP contribution in [0.4, 0.5) is 20.7 Å². The number of anilines is 2. The van der Waals surface area contributed by atoms with Gasteiger partial charge in [-0.2, -0.15) is 5.10 Å². The van der Waals surface area contributed by atoms with E-state index in [4.69, 9.17) is 4.74 Å². The number of aromatic nitrogens is 4. The van der Waals surface area contributed by atoms with E-state index < -0.39 is 0 Å². The molecule has 202 valence electrons. The van der Waals surface area contributed by atoms with Gasteiger partial charge in [-0.15, -0.1) is 11.3 Å². The van der Waals surface area contributed by atoms with E-state index in [1.165, 1.54) is 34.7 Å². The number of carbonyl (C=O) groups is 1. The summed E-state index contributed by atoms with van der Waals surface area (Å²) in [5.74, 6) is 6.92. The zero-order valence-electron chi connectivity index (χ0n) is 21.9. The Kier molecular flexibility index (Phi) is 7.02. The number of benzene rings is 2. The smallest absolute Gasteiger partial charge is 0.409 e. The Morgan fingerprint density at radius 2 is 2.15 bits per heavy atom. The van der Waals surface area contributed by atoms with Crippen LogP contribution in [0.2, 0.25) is 0 Å². The van der Waals surface area contributed by atoms with Gasteiger partial charge in [0.25, 0.3) is 0 Å². The molecule has 0 aliphatic carbocycles. The molecule has 0 bridgehead atoms. The van der Waals surface area contributed by atoms with Crippen molar-refractivity contribution in [1.29, 1.82) is 0 Å². The van der Waals surface area contributed by atoms with Crippen molar-refractivity contribution < 1.29 is 13.9 Å². The summed E-state index contributed by atoms with van der Waals surface area (Å²) in [6, 6.07) is 14.5. The molecule has 5 aromatic rings. The van der Waals surface area contributed by atoms with Crippen LogP contribution >= 0.6 is 11.3 Å². The molecule has 0 spiro atoms. The number of hydrogen-bond donors (Lipinski definition) is 2. The molecule has 0 radical (unpaired) electrons. The Morgan fingerprint density at radius 1 is 1.25 bits per heavy atom. The molecule has 6 rings (SSSR count). The molecule has 4 heterocycles. The predicted octanol–water partition coefficient (Wildman–Crippen LogP) is 4.75. The molecule has 1 fully saturated rings. The van der Waals surface area contributed by atoms with Crippen LogP contribution in [0.25, 0.3) is 21.1 Å². The predicted molar refractivity (Wildman–Crippen MR) is 153 cm³/mol. The summed E-state index contributed by atoms with van der Waals surface area (Å²) in [7, 11) is 3.33. The second-order valence-electron chi connectivity index (χ2n) is 9.75. The number of nitrogens with zero attached hydrogens (tertiary/aromatic N) is 5. The van der Waals surface area contributed by atoms with Gasteiger partial charge in [0.1, 0.15) is 28.9 Å². The molecule has 2 aromatic carbocycles. The third-order valence-electron chi connectivity index (χ3n) is 6.55. The fourth-order valence-corrected chi connectivity index (χ4v) is 5.42. The van der Waals surface area contributed by atoms with Gasteiger partial charge in [-0.3, -0.25) is 10.00 Å². The third-order valence-corrected chi connectivity index (χ3v) is 7.51. The summed E-state index contributed by atoms with van der Waals surface area (Å²) in [4.78, 5) is 23.8. The summed E-state index contributed by atoms with van der Waals surface area (Å²) < 4.78 is 20.9. The summed E-state index contributed by atoms with van der Waals surface area (Å²) in [6.07, 6.45) is 3.45. The topological polar surface area (TPSA) is 97.2 Å². The van der Waals surface area contributed by atoms with Crippen LogP contribution in [-0.4, -0.2) is 63.5 Å². The first-order chi connectivity index (χ1) is 19.4.